The number of anilines is 1. The molecule has 1 saturated heterocycles. The van der Waals surface area contributed by atoms with Crippen molar-refractivity contribution in [3.8, 4) is 0 Å². The summed E-state index contributed by atoms with van der Waals surface area (Å²) in [6.45, 7) is 5.15. The second-order valence-corrected chi connectivity index (χ2v) is 5.30. The number of carbonyl (C=O) groups excluding carboxylic acids is 1. The summed E-state index contributed by atoms with van der Waals surface area (Å²) in [5, 5.41) is 6.45. The first-order valence-corrected chi connectivity index (χ1v) is 7.36. The van der Waals surface area contributed by atoms with Gasteiger partial charge in [0.2, 0.25) is 0 Å². The zero-order valence-electron chi connectivity index (χ0n) is 12.8. The molecule has 2 aromatic rings. The molecule has 2 aromatic heterocycles. The Kier molecular flexibility index (Phi) is 4.10. The summed E-state index contributed by atoms with van der Waals surface area (Å²) < 4.78 is 6.73. The van der Waals surface area contributed by atoms with Crippen molar-refractivity contribution in [3.05, 3.63) is 30.5 Å². The van der Waals surface area contributed by atoms with Gasteiger partial charge >= 0.3 is 6.03 Å². The van der Waals surface area contributed by atoms with Gasteiger partial charge in [-0.05, 0) is 6.54 Å². The number of amides is 2. The third kappa shape index (κ3) is 2.82. The van der Waals surface area contributed by atoms with Crippen LogP contribution in [-0.4, -0.2) is 56.7 Å². The topological polar surface area (TPSA) is 79.4 Å². The number of aromatic nitrogens is 3. The van der Waals surface area contributed by atoms with Crippen LogP contribution in [0.1, 0.15) is 18.8 Å². The number of imidazole rings is 1. The molecule has 8 nitrogen and oxygen atoms in total. The molecule has 0 aliphatic carbocycles. The van der Waals surface area contributed by atoms with Crippen molar-refractivity contribution < 1.29 is 9.32 Å². The van der Waals surface area contributed by atoms with Crippen LogP contribution < -0.4 is 5.32 Å². The maximum absolute atomic E-state index is 12.3. The fourth-order valence-corrected chi connectivity index (χ4v) is 2.79. The second kappa shape index (κ2) is 6.18. The first-order valence-electron chi connectivity index (χ1n) is 7.36. The predicted octanol–water partition coefficient (Wildman–Crippen LogP) is 1.32. The number of aryl methyl sites for hydroxylation is 1. The van der Waals surface area contributed by atoms with Gasteiger partial charge in [-0.2, -0.15) is 0 Å². The van der Waals surface area contributed by atoms with E-state index in [-0.39, 0.29) is 12.1 Å². The van der Waals surface area contributed by atoms with E-state index in [1.165, 1.54) is 6.26 Å². The van der Waals surface area contributed by atoms with Gasteiger partial charge in [0, 0.05) is 45.1 Å². The third-order valence-electron chi connectivity index (χ3n) is 4.01. The van der Waals surface area contributed by atoms with E-state index in [0.29, 0.717) is 18.9 Å². The van der Waals surface area contributed by atoms with Gasteiger partial charge in [-0.3, -0.25) is 10.2 Å². The fraction of sp³-hybridized carbons (Fsp3) is 0.500. The molecule has 22 heavy (non-hydrogen) atoms. The van der Waals surface area contributed by atoms with E-state index >= 15 is 0 Å². The van der Waals surface area contributed by atoms with Crippen molar-refractivity contribution in [1.82, 2.24) is 24.5 Å². The van der Waals surface area contributed by atoms with Crippen LogP contribution >= 0.6 is 0 Å². The van der Waals surface area contributed by atoms with Crippen LogP contribution in [0.4, 0.5) is 10.6 Å². The quantitative estimate of drug-likeness (QED) is 0.925. The van der Waals surface area contributed by atoms with Gasteiger partial charge in [0.15, 0.2) is 5.82 Å². The molecule has 1 N–H and O–H groups in total. The van der Waals surface area contributed by atoms with E-state index in [1.54, 1.807) is 17.2 Å². The van der Waals surface area contributed by atoms with Crippen molar-refractivity contribution in [3.63, 3.8) is 0 Å². The van der Waals surface area contributed by atoms with Crippen molar-refractivity contribution in [2.75, 3.05) is 31.5 Å². The molecular weight excluding hydrogens is 284 g/mol. The molecule has 1 aliphatic rings. The van der Waals surface area contributed by atoms with Crippen LogP contribution in [0.5, 0.6) is 0 Å². The minimum atomic E-state index is -0.163. The van der Waals surface area contributed by atoms with E-state index < -0.39 is 0 Å². The highest BCUT2D eigenvalue weighted by atomic mass is 16.5. The SMILES string of the molecule is CCN1CCN(C(=O)Nc2ccon2)CC1c1nccn1C. The van der Waals surface area contributed by atoms with Gasteiger partial charge in [0.05, 0.1) is 6.04 Å². The van der Waals surface area contributed by atoms with Crippen LogP contribution in [0.25, 0.3) is 0 Å². The van der Waals surface area contributed by atoms with Crippen LogP contribution in [0.3, 0.4) is 0 Å². The number of nitrogens with zero attached hydrogens (tertiary/aromatic N) is 5. The summed E-state index contributed by atoms with van der Waals surface area (Å²) in [6.07, 6.45) is 5.15. The molecule has 1 aliphatic heterocycles. The molecular formula is C14H20N6O2. The van der Waals surface area contributed by atoms with Crippen LogP contribution in [0, 0.1) is 0 Å². The lowest BCUT2D eigenvalue weighted by Crippen LogP contribution is -2.52. The highest BCUT2D eigenvalue weighted by Gasteiger charge is 2.32. The molecule has 0 bridgehead atoms. The molecule has 2 amide bonds. The maximum Gasteiger partial charge on any atom is 0.323 e. The number of piperazine rings is 1. The van der Waals surface area contributed by atoms with E-state index in [0.717, 1.165) is 18.9 Å². The van der Waals surface area contributed by atoms with Gasteiger partial charge in [-0.1, -0.05) is 12.1 Å². The van der Waals surface area contributed by atoms with Crippen LogP contribution in [0.2, 0.25) is 0 Å². The Bertz CT molecular complexity index is 623. The summed E-state index contributed by atoms with van der Waals surface area (Å²) in [7, 11) is 1.98. The molecule has 0 saturated carbocycles. The Morgan fingerprint density at radius 3 is 3.00 bits per heavy atom. The predicted molar refractivity (Wildman–Crippen MR) is 80.3 cm³/mol. The molecule has 1 fully saturated rings. The first-order chi connectivity index (χ1) is 10.7. The molecule has 8 heteroatoms. The summed E-state index contributed by atoms with van der Waals surface area (Å²) in [4.78, 5) is 20.9. The number of hydrogen-bond donors (Lipinski definition) is 1. The number of urea groups is 1. The van der Waals surface area contributed by atoms with Crippen LogP contribution in [-0.2, 0) is 7.05 Å². The van der Waals surface area contributed by atoms with E-state index in [4.69, 9.17) is 4.52 Å². The first kappa shape index (κ1) is 14.6. The second-order valence-electron chi connectivity index (χ2n) is 5.30. The minimum absolute atomic E-state index is 0.0989. The zero-order valence-corrected chi connectivity index (χ0v) is 12.8. The molecule has 3 heterocycles. The van der Waals surface area contributed by atoms with Gasteiger partial charge in [0.1, 0.15) is 12.1 Å². The average Bonchev–Trinajstić information content (AvgIpc) is 3.18. The molecule has 1 unspecified atom stereocenters. The van der Waals surface area contributed by atoms with E-state index in [2.05, 4.69) is 27.3 Å². The molecule has 1 atom stereocenters. The smallest absolute Gasteiger partial charge is 0.323 e. The fourth-order valence-electron chi connectivity index (χ4n) is 2.79. The van der Waals surface area contributed by atoms with Gasteiger partial charge < -0.3 is 14.0 Å². The van der Waals surface area contributed by atoms with Crippen LogP contribution in [0.15, 0.2) is 29.2 Å². The molecule has 0 aromatic carbocycles. The number of likely N-dealkylation sites (N-methyl/N-ethyl adjacent to an activating group) is 1. The largest absolute Gasteiger partial charge is 0.363 e. The summed E-state index contributed by atoms with van der Waals surface area (Å²) >= 11 is 0. The van der Waals surface area contributed by atoms with E-state index in [1.807, 2.05) is 17.8 Å². The number of carbonyl (C=O) groups is 1. The highest BCUT2D eigenvalue weighted by Crippen LogP contribution is 2.24. The van der Waals surface area contributed by atoms with Gasteiger partial charge in [-0.25, -0.2) is 9.78 Å². The molecule has 118 valence electrons. The van der Waals surface area contributed by atoms with Gasteiger partial charge in [-0.15, -0.1) is 0 Å². The van der Waals surface area contributed by atoms with E-state index in [9.17, 15) is 4.79 Å². The Morgan fingerprint density at radius 2 is 2.36 bits per heavy atom. The molecule has 0 radical (unpaired) electrons. The summed E-state index contributed by atoms with van der Waals surface area (Å²) in [6, 6.07) is 1.56. The highest BCUT2D eigenvalue weighted by molar-refractivity contribution is 5.88. The lowest BCUT2D eigenvalue weighted by atomic mass is 10.1. The lowest BCUT2D eigenvalue weighted by Gasteiger charge is -2.40. The monoisotopic (exact) mass is 304 g/mol. The Morgan fingerprint density at radius 1 is 1.50 bits per heavy atom. The maximum atomic E-state index is 12.3. The molecule has 3 rings (SSSR count). The summed E-state index contributed by atoms with van der Waals surface area (Å²) in [5.74, 6) is 1.40. The Balaban J connectivity index is 1.73. The van der Waals surface area contributed by atoms with Gasteiger partial charge in [0.25, 0.3) is 0 Å². The third-order valence-corrected chi connectivity index (χ3v) is 4.01. The molecule has 0 spiro atoms. The van der Waals surface area contributed by atoms with Crippen molar-refractivity contribution in [2.45, 2.75) is 13.0 Å². The normalized spacial score (nSPS) is 19.4. The number of nitrogens with one attached hydrogen (secondary N) is 1. The number of rotatable bonds is 3. The Hall–Kier alpha value is -2.35. The van der Waals surface area contributed by atoms with Crippen molar-refractivity contribution in [1.29, 1.82) is 0 Å². The lowest BCUT2D eigenvalue weighted by molar-refractivity contribution is 0.0926. The average molecular weight is 304 g/mol. The van der Waals surface area contributed by atoms with Crippen molar-refractivity contribution >= 4 is 11.8 Å². The zero-order chi connectivity index (χ0) is 15.5. The Labute approximate surface area is 128 Å². The minimum Gasteiger partial charge on any atom is -0.363 e. The summed E-state index contributed by atoms with van der Waals surface area (Å²) in [5.41, 5.74) is 0. The van der Waals surface area contributed by atoms with Crippen molar-refractivity contribution in [2.24, 2.45) is 7.05 Å². The standard InChI is InChI=1S/C14H20N6O2/c1-3-19-7-8-20(14(21)16-12-4-9-22-17-12)10-11(19)13-15-5-6-18(13)2/h4-6,9,11H,3,7-8,10H2,1-2H3,(H,16,17,21). The number of hydrogen-bond acceptors (Lipinski definition) is 5.